The number of hydrogen-bond acceptors (Lipinski definition) is 3. The van der Waals surface area contributed by atoms with E-state index >= 15 is 0 Å². The second-order valence-corrected chi connectivity index (χ2v) is 4.44. The monoisotopic (exact) mass is 267 g/mol. The van der Waals surface area contributed by atoms with Crippen molar-refractivity contribution in [3.05, 3.63) is 65.9 Å². The van der Waals surface area contributed by atoms with Crippen LogP contribution >= 0.6 is 11.6 Å². The van der Waals surface area contributed by atoms with Gasteiger partial charge >= 0.3 is 0 Å². The summed E-state index contributed by atoms with van der Waals surface area (Å²) in [5, 5.41) is 0.695. The fourth-order valence-electron chi connectivity index (χ4n) is 1.76. The third kappa shape index (κ3) is 2.61. The van der Waals surface area contributed by atoms with Crippen LogP contribution in [0, 0.1) is 0 Å². The van der Waals surface area contributed by atoms with Gasteiger partial charge in [0.05, 0.1) is 0 Å². The predicted octanol–water partition coefficient (Wildman–Crippen LogP) is 3.86. The maximum absolute atomic E-state index is 5.87. The predicted molar refractivity (Wildman–Crippen MR) is 75.7 cm³/mol. The smallest absolute Gasteiger partial charge is 0.163 e. The van der Waals surface area contributed by atoms with Gasteiger partial charge < -0.3 is 0 Å². The molecule has 19 heavy (non-hydrogen) atoms. The maximum atomic E-state index is 5.87. The topological polar surface area (TPSA) is 38.7 Å². The third-order valence-electron chi connectivity index (χ3n) is 2.71. The molecule has 3 aromatic rings. The third-order valence-corrected chi connectivity index (χ3v) is 2.96. The van der Waals surface area contributed by atoms with E-state index in [4.69, 9.17) is 11.6 Å². The van der Waals surface area contributed by atoms with Crippen molar-refractivity contribution in [2.75, 3.05) is 0 Å². The second-order valence-electron chi connectivity index (χ2n) is 4.01. The van der Waals surface area contributed by atoms with Crippen molar-refractivity contribution in [3.63, 3.8) is 0 Å². The first-order valence-corrected chi connectivity index (χ1v) is 6.21. The minimum atomic E-state index is 0.644. The van der Waals surface area contributed by atoms with E-state index in [1.807, 2.05) is 54.6 Å². The Balaban J connectivity index is 2.03. The Morgan fingerprint density at radius 2 is 1.26 bits per heavy atom. The first kappa shape index (κ1) is 11.8. The molecule has 0 saturated heterocycles. The zero-order valence-electron chi connectivity index (χ0n) is 9.99. The number of halogens is 1. The molecule has 3 rings (SSSR count). The van der Waals surface area contributed by atoms with Gasteiger partial charge in [-0.05, 0) is 24.3 Å². The zero-order valence-corrected chi connectivity index (χ0v) is 10.7. The summed E-state index contributed by atoms with van der Waals surface area (Å²) >= 11 is 5.87. The number of nitrogens with zero attached hydrogens (tertiary/aromatic N) is 3. The van der Waals surface area contributed by atoms with E-state index in [1.54, 1.807) is 0 Å². The highest BCUT2D eigenvalue weighted by atomic mass is 35.5. The number of benzene rings is 2. The van der Waals surface area contributed by atoms with Gasteiger partial charge in [-0.15, -0.1) is 0 Å². The van der Waals surface area contributed by atoms with Crippen LogP contribution in [0.25, 0.3) is 22.8 Å². The van der Waals surface area contributed by atoms with E-state index in [9.17, 15) is 0 Å². The van der Waals surface area contributed by atoms with Gasteiger partial charge in [0.1, 0.15) is 6.33 Å². The normalized spacial score (nSPS) is 10.4. The molecule has 0 atom stereocenters. The summed E-state index contributed by atoms with van der Waals surface area (Å²) in [6.45, 7) is 0. The fraction of sp³-hybridized carbons (Fsp3) is 0. The molecule has 0 aliphatic heterocycles. The summed E-state index contributed by atoms with van der Waals surface area (Å²) in [7, 11) is 0. The lowest BCUT2D eigenvalue weighted by molar-refractivity contribution is 1.07. The van der Waals surface area contributed by atoms with Crippen molar-refractivity contribution in [2.45, 2.75) is 0 Å². The average molecular weight is 268 g/mol. The molecule has 0 bridgehead atoms. The maximum Gasteiger partial charge on any atom is 0.163 e. The molecule has 0 amide bonds. The van der Waals surface area contributed by atoms with Gasteiger partial charge in [-0.25, -0.2) is 15.0 Å². The summed E-state index contributed by atoms with van der Waals surface area (Å²) in [5.74, 6) is 1.31. The second kappa shape index (κ2) is 5.16. The zero-order chi connectivity index (χ0) is 13.1. The van der Waals surface area contributed by atoms with Gasteiger partial charge in [-0.1, -0.05) is 41.9 Å². The van der Waals surface area contributed by atoms with Crippen molar-refractivity contribution >= 4 is 11.6 Å². The quantitative estimate of drug-likeness (QED) is 0.708. The van der Waals surface area contributed by atoms with Crippen LogP contribution in [0.4, 0.5) is 0 Å². The molecule has 4 heteroatoms. The highest BCUT2D eigenvalue weighted by Gasteiger charge is 2.05. The summed E-state index contributed by atoms with van der Waals surface area (Å²) in [6, 6.07) is 17.3. The van der Waals surface area contributed by atoms with Crippen LogP contribution in [0.3, 0.4) is 0 Å². The lowest BCUT2D eigenvalue weighted by atomic mass is 10.2. The molecule has 0 radical (unpaired) electrons. The van der Waals surface area contributed by atoms with Gasteiger partial charge in [0, 0.05) is 16.1 Å². The Labute approximate surface area is 116 Å². The average Bonchev–Trinajstić information content (AvgIpc) is 2.49. The lowest BCUT2D eigenvalue weighted by Crippen LogP contribution is -1.94. The van der Waals surface area contributed by atoms with E-state index in [0.717, 1.165) is 11.1 Å². The Morgan fingerprint density at radius 3 is 1.89 bits per heavy atom. The molecule has 0 N–H and O–H groups in total. The van der Waals surface area contributed by atoms with E-state index in [2.05, 4.69) is 15.0 Å². The van der Waals surface area contributed by atoms with Crippen molar-refractivity contribution in [1.29, 1.82) is 0 Å². The highest BCUT2D eigenvalue weighted by Crippen LogP contribution is 2.20. The SMILES string of the molecule is Clc1ccc(-c2ncnc(-c3ccccc3)n2)cc1. The molecule has 0 fully saturated rings. The van der Waals surface area contributed by atoms with Crippen LogP contribution in [0.2, 0.25) is 5.02 Å². The Morgan fingerprint density at radius 1 is 0.684 bits per heavy atom. The molecule has 0 aliphatic carbocycles. The summed E-state index contributed by atoms with van der Waals surface area (Å²) < 4.78 is 0. The molecule has 1 heterocycles. The number of hydrogen-bond donors (Lipinski definition) is 0. The van der Waals surface area contributed by atoms with Gasteiger partial charge in [0.25, 0.3) is 0 Å². The molecule has 0 spiro atoms. The fourth-order valence-corrected chi connectivity index (χ4v) is 1.89. The van der Waals surface area contributed by atoms with Gasteiger partial charge in [0.2, 0.25) is 0 Å². The molecular formula is C15H10ClN3. The Bertz CT molecular complexity index is 681. The molecule has 0 unspecified atom stereocenters. The molecular weight excluding hydrogens is 258 g/mol. The van der Waals surface area contributed by atoms with Crippen molar-refractivity contribution < 1.29 is 0 Å². The van der Waals surface area contributed by atoms with Crippen molar-refractivity contribution in [2.24, 2.45) is 0 Å². The van der Waals surface area contributed by atoms with Gasteiger partial charge in [-0.3, -0.25) is 0 Å². The van der Waals surface area contributed by atoms with E-state index in [-0.39, 0.29) is 0 Å². The van der Waals surface area contributed by atoms with Crippen LogP contribution in [0.1, 0.15) is 0 Å². The molecule has 0 aliphatic rings. The molecule has 92 valence electrons. The highest BCUT2D eigenvalue weighted by molar-refractivity contribution is 6.30. The minimum Gasteiger partial charge on any atom is -0.217 e. The Kier molecular flexibility index (Phi) is 3.21. The minimum absolute atomic E-state index is 0.644. The lowest BCUT2D eigenvalue weighted by Gasteiger charge is -2.03. The van der Waals surface area contributed by atoms with Crippen molar-refractivity contribution in [1.82, 2.24) is 15.0 Å². The van der Waals surface area contributed by atoms with E-state index in [0.29, 0.717) is 16.7 Å². The Hall–Kier alpha value is -2.26. The summed E-state index contributed by atoms with van der Waals surface area (Å²) in [4.78, 5) is 12.9. The largest absolute Gasteiger partial charge is 0.217 e. The summed E-state index contributed by atoms with van der Waals surface area (Å²) in [6.07, 6.45) is 1.53. The molecule has 1 aromatic heterocycles. The van der Waals surface area contributed by atoms with Crippen LogP contribution in [0.5, 0.6) is 0 Å². The number of rotatable bonds is 2. The molecule has 3 nitrogen and oxygen atoms in total. The van der Waals surface area contributed by atoms with Crippen LogP contribution in [0.15, 0.2) is 60.9 Å². The first-order chi connectivity index (χ1) is 9.33. The molecule has 0 saturated carbocycles. The molecule has 2 aromatic carbocycles. The van der Waals surface area contributed by atoms with Crippen LogP contribution in [-0.2, 0) is 0 Å². The van der Waals surface area contributed by atoms with Gasteiger partial charge in [-0.2, -0.15) is 0 Å². The van der Waals surface area contributed by atoms with E-state index in [1.165, 1.54) is 6.33 Å². The van der Waals surface area contributed by atoms with Crippen molar-refractivity contribution in [3.8, 4) is 22.8 Å². The van der Waals surface area contributed by atoms with Gasteiger partial charge in [0.15, 0.2) is 11.6 Å². The standard InChI is InChI=1S/C15H10ClN3/c16-13-8-6-12(7-9-13)15-18-10-17-14(19-15)11-4-2-1-3-5-11/h1-10H. The summed E-state index contributed by atoms with van der Waals surface area (Å²) in [5.41, 5.74) is 1.89. The van der Waals surface area contributed by atoms with E-state index < -0.39 is 0 Å². The number of aromatic nitrogens is 3. The van der Waals surface area contributed by atoms with Crippen LogP contribution < -0.4 is 0 Å². The first-order valence-electron chi connectivity index (χ1n) is 5.83. The van der Waals surface area contributed by atoms with Crippen LogP contribution in [-0.4, -0.2) is 15.0 Å².